The summed E-state index contributed by atoms with van der Waals surface area (Å²) in [4.78, 5) is 42.6. The second-order valence-corrected chi connectivity index (χ2v) is 11.1. The van der Waals surface area contributed by atoms with E-state index in [1.165, 1.54) is 7.11 Å². The van der Waals surface area contributed by atoms with E-state index in [4.69, 9.17) is 10.5 Å². The maximum Gasteiger partial charge on any atom is 0.306 e. The number of carbonyl (C=O) groups is 3. The van der Waals surface area contributed by atoms with E-state index >= 15 is 0 Å². The number of nitrogens with zero attached hydrogens (tertiary/aromatic N) is 2. The van der Waals surface area contributed by atoms with E-state index in [2.05, 4.69) is 18.7 Å². The third kappa shape index (κ3) is 11.3. The molecular formula is C28H55N3O5. The van der Waals surface area contributed by atoms with Crippen LogP contribution in [0.15, 0.2) is 0 Å². The van der Waals surface area contributed by atoms with Crippen LogP contribution in [-0.4, -0.2) is 85.0 Å². The molecule has 0 spiro atoms. The zero-order chi connectivity index (χ0) is 28.0. The van der Waals surface area contributed by atoms with Gasteiger partial charge in [0, 0.05) is 26.5 Å². The van der Waals surface area contributed by atoms with Crippen molar-refractivity contribution in [2.75, 3.05) is 34.3 Å². The Morgan fingerprint density at radius 2 is 1.50 bits per heavy atom. The van der Waals surface area contributed by atoms with Gasteiger partial charge in [0.2, 0.25) is 5.91 Å². The summed E-state index contributed by atoms with van der Waals surface area (Å²) in [6.45, 7) is 13.6. The molecule has 8 heteroatoms. The highest BCUT2D eigenvalue weighted by atomic mass is 16.5. The van der Waals surface area contributed by atoms with E-state index in [0.29, 0.717) is 6.54 Å². The first kappa shape index (κ1) is 34.5. The number of carbonyl (C=O) groups excluding carboxylic acids is 2. The Morgan fingerprint density at radius 3 is 1.94 bits per heavy atom. The van der Waals surface area contributed by atoms with E-state index in [0.717, 1.165) is 38.6 Å². The van der Waals surface area contributed by atoms with Crippen molar-refractivity contribution >= 4 is 17.7 Å². The Balaban J connectivity index is 5.67. The molecule has 0 aromatic rings. The minimum atomic E-state index is -0.961. The molecule has 0 rings (SSSR count). The normalized spacial score (nSPS) is 16.1. The average Bonchev–Trinajstić information content (AvgIpc) is 2.80. The molecule has 0 aliphatic carbocycles. The van der Waals surface area contributed by atoms with Crippen molar-refractivity contribution in [3.05, 3.63) is 0 Å². The molecule has 5 atom stereocenters. The van der Waals surface area contributed by atoms with Gasteiger partial charge in [0.15, 0.2) is 5.78 Å². The molecule has 0 bridgehead atoms. The van der Waals surface area contributed by atoms with E-state index in [9.17, 15) is 19.5 Å². The van der Waals surface area contributed by atoms with Crippen molar-refractivity contribution in [2.24, 2.45) is 29.4 Å². The lowest BCUT2D eigenvalue weighted by Crippen LogP contribution is -2.52. The summed E-state index contributed by atoms with van der Waals surface area (Å²) in [6, 6.07) is -0.639. The van der Waals surface area contributed by atoms with Crippen molar-refractivity contribution in [3.63, 3.8) is 0 Å². The predicted molar refractivity (Wildman–Crippen MR) is 146 cm³/mol. The lowest BCUT2D eigenvalue weighted by Gasteiger charge is -2.40. The number of ketones is 1. The molecule has 0 aromatic carbocycles. The van der Waals surface area contributed by atoms with Gasteiger partial charge in [-0.15, -0.1) is 0 Å². The highest BCUT2D eigenvalue weighted by Gasteiger charge is 2.39. The fraction of sp³-hybridized carbons (Fsp3) is 0.893. The van der Waals surface area contributed by atoms with Gasteiger partial charge in [-0.05, 0) is 50.7 Å². The van der Waals surface area contributed by atoms with Crippen molar-refractivity contribution in [1.29, 1.82) is 0 Å². The molecule has 8 nitrogen and oxygen atoms in total. The number of methoxy groups -OCH3 is 1. The van der Waals surface area contributed by atoms with E-state index in [1.54, 1.807) is 11.9 Å². The first-order valence-electron chi connectivity index (χ1n) is 13.8. The molecule has 1 amide bonds. The fourth-order valence-corrected chi connectivity index (χ4v) is 5.23. The summed E-state index contributed by atoms with van der Waals surface area (Å²) in [5.41, 5.74) is 5.58. The maximum absolute atomic E-state index is 13.8. The van der Waals surface area contributed by atoms with Crippen LogP contribution < -0.4 is 5.73 Å². The van der Waals surface area contributed by atoms with Crippen molar-refractivity contribution in [3.8, 4) is 0 Å². The topological polar surface area (TPSA) is 113 Å². The zero-order valence-corrected chi connectivity index (χ0v) is 24.5. The zero-order valence-electron chi connectivity index (χ0n) is 24.5. The van der Waals surface area contributed by atoms with Crippen LogP contribution in [0.25, 0.3) is 0 Å². The van der Waals surface area contributed by atoms with Crippen LogP contribution in [0.2, 0.25) is 0 Å². The van der Waals surface area contributed by atoms with Crippen LogP contribution in [0.4, 0.5) is 0 Å². The molecule has 0 fully saturated rings. The first-order valence-corrected chi connectivity index (χ1v) is 13.8. The van der Waals surface area contributed by atoms with Gasteiger partial charge >= 0.3 is 5.97 Å². The number of likely N-dealkylation sites (N-methyl/N-ethyl adjacent to an activating group) is 2. The van der Waals surface area contributed by atoms with Gasteiger partial charge < -0.3 is 20.5 Å². The SMILES string of the molecule is CC[C@H](C)[C@@H]([C@@H](CC(=O)O)OC)N(C)C(=O)[C@@H](CC(=O)[C@H](C(C)C)N(C)CCCCCCN)C(C)C. The third-order valence-corrected chi connectivity index (χ3v) is 7.53. The van der Waals surface area contributed by atoms with Gasteiger partial charge in [-0.25, -0.2) is 0 Å². The molecule has 0 aromatic heterocycles. The molecule has 0 aliphatic heterocycles. The summed E-state index contributed by atoms with van der Waals surface area (Å²) >= 11 is 0. The monoisotopic (exact) mass is 513 g/mol. The van der Waals surface area contributed by atoms with E-state index < -0.39 is 24.0 Å². The number of rotatable bonds is 20. The van der Waals surface area contributed by atoms with Crippen molar-refractivity contribution in [1.82, 2.24) is 9.80 Å². The first-order chi connectivity index (χ1) is 16.8. The molecule has 0 saturated heterocycles. The second-order valence-electron chi connectivity index (χ2n) is 11.1. The molecular weight excluding hydrogens is 458 g/mol. The Morgan fingerprint density at radius 1 is 0.917 bits per heavy atom. The Hall–Kier alpha value is -1.51. The van der Waals surface area contributed by atoms with E-state index in [-0.39, 0.29) is 48.3 Å². The molecule has 0 aliphatic rings. The van der Waals surface area contributed by atoms with Crippen LogP contribution in [0, 0.1) is 23.7 Å². The molecule has 212 valence electrons. The summed E-state index contributed by atoms with van der Waals surface area (Å²) in [5, 5.41) is 9.39. The number of nitrogens with two attached hydrogens (primary N) is 1. The van der Waals surface area contributed by atoms with Gasteiger partial charge in [-0.2, -0.15) is 0 Å². The van der Waals surface area contributed by atoms with Crippen LogP contribution in [0.1, 0.15) is 86.5 Å². The van der Waals surface area contributed by atoms with Crippen LogP contribution in [0.3, 0.4) is 0 Å². The van der Waals surface area contributed by atoms with Crippen LogP contribution >= 0.6 is 0 Å². The Kier molecular flexibility index (Phi) is 17.1. The predicted octanol–water partition coefficient (Wildman–Crippen LogP) is 4.06. The number of hydrogen-bond acceptors (Lipinski definition) is 6. The van der Waals surface area contributed by atoms with Crippen molar-refractivity contribution in [2.45, 2.75) is 105 Å². The average molecular weight is 514 g/mol. The molecule has 0 heterocycles. The lowest BCUT2D eigenvalue weighted by atomic mass is 9.83. The highest BCUT2D eigenvalue weighted by Crippen LogP contribution is 2.27. The minimum Gasteiger partial charge on any atom is -0.481 e. The number of carboxylic acid groups (broad SMARTS) is 1. The number of aliphatic carboxylic acids is 1. The van der Waals surface area contributed by atoms with Gasteiger partial charge in [0.25, 0.3) is 0 Å². The Bertz CT molecular complexity index is 655. The highest BCUT2D eigenvalue weighted by molar-refractivity contribution is 5.90. The summed E-state index contributed by atoms with van der Waals surface area (Å²) in [7, 11) is 5.21. The number of amides is 1. The number of carboxylic acids is 1. The molecule has 0 unspecified atom stereocenters. The maximum atomic E-state index is 13.8. The van der Waals surface area contributed by atoms with Crippen LogP contribution in [0.5, 0.6) is 0 Å². The smallest absolute Gasteiger partial charge is 0.306 e. The largest absolute Gasteiger partial charge is 0.481 e. The summed E-state index contributed by atoms with van der Waals surface area (Å²) in [6.07, 6.45) is 4.37. The summed E-state index contributed by atoms with van der Waals surface area (Å²) in [5.74, 6) is -1.33. The quantitative estimate of drug-likeness (QED) is 0.236. The fourth-order valence-electron chi connectivity index (χ4n) is 5.23. The third-order valence-electron chi connectivity index (χ3n) is 7.53. The molecule has 36 heavy (non-hydrogen) atoms. The molecule has 0 saturated carbocycles. The minimum absolute atomic E-state index is 0.0312. The standard InChI is InChI=1S/C28H55N3O5/c1-10-21(6)27(24(36-9)18-25(33)34)31(8)28(35)22(19(2)3)17-23(32)26(20(4)5)30(7)16-14-12-11-13-15-29/h19-22,24,26-27H,10-18,29H2,1-9H3,(H,33,34)/t21-,22-,24+,26-,27-/m0/s1. The lowest BCUT2D eigenvalue weighted by molar-refractivity contribution is -0.149. The molecule has 0 radical (unpaired) electrons. The van der Waals surface area contributed by atoms with Gasteiger partial charge in [0.05, 0.1) is 24.6 Å². The summed E-state index contributed by atoms with van der Waals surface area (Å²) < 4.78 is 5.55. The number of ether oxygens (including phenoxy) is 1. The second kappa shape index (κ2) is 17.9. The number of hydrogen-bond donors (Lipinski definition) is 2. The van der Waals surface area contributed by atoms with E-state index in [1.807, 2.05) is 34.7 Å². The van der Waals surface area contributed by atoms with Crippen molar-refractivity contribution < 1.29 is 24.2 Å². The van der Waals surface area contributed by atoms with Gasteiger partial charge in [-0.1, -0.05) is 60.8 Å². The number of unbranched alkanes of at least 4 members (excludes halogenated alkanes) is 3. The Labute approximate surface area is 220 Å². The van der Waals surface area contributed by atoms with Crippen LogP contribution in [-0.2, 0) is 19.1 Å². The number of Topliss-reactive ketones (excluding diaryl/α,β-unsaturated/α-hetero) is 1. The van der Waals surface area contributed by atoms with Gasteiger partial charge in [-0.3, -0.25) is 19.3 Å². The van der Waals surface area contributed by atoms with Gasteiger partial charge in [0.1, 0.15) is 0 Å². The molecule has 3 N–H and O–H groups in total.